The molecule has 1 amide bonds. The zero-order chi connectivity index (χ0) is 18.4. The van der Waals surface area contributed by atoms with E-state index in [1.165, 1.54) is 14.2 Å². The first-order valence-corrected chi connectivity index (χ1v) is 7.71. The number of aliphatic carboxylic acids is 1. The number of benzene rings is 2. The van der Waals surface area contributed by atoms with Gasteiger partial charge in [0.1, 0.15) is 0 Å². The first-order chi connectivity index (χ1) is 11.9. The van der Waals surface area contributed by atoms with Crippen LogP contribution in [0.1, 0.15) is 18.9 Å². The fourth-order valence-electron chi connectivity index (χ4n) is 2.55. The summed E-state index contributed by atoms with van der Waals surface area (Å²) in [4.78, 5) is 24.2. The van der Waals surface area contributed by atoms with Gasteiger partial charge in [0.2, 0.25) is 5.91 Å². The van der Waals surface area contributed by atoms with Crippen molar-refractivity contribution in [2.24, 2.45) is 0 Å². The highest BCUT2D eigenvalue weighted by Gasteiger charge is 2.37. The first kappa shape index (κ1) is 18.3. The lowest BCUT2D eigenvalue weighted by Gasteiger charge is -2.24. The number of carboxylic acids is 1. The average molecular weight is 343 g/mol. The lowest BCUT2D eigenvalue weighted by atomic mass is 9.79. The highest BCUT2D eigenvalue weighted by Crippen LogP contribution is 2.31. The van der Waals surface area contributed by atoms with Crippen LogP contribution in [0.4, 0.5) is 5.69 Å². The Morgan fingerprint density at radius 2 is 1.68 bits per heavy atom. The van der Waals surface area contributed by atoms with Gasteiger partial charge >= 0.3 is 5.97 Å². The summed E-state index contributed by atoms with van der Waals surface area (Å²) in [6, 6.07) is 13.7. The number of carbonyl (C=O) groups excluding carboxylic acids is 1. The minimum absolute atomic E-state index is 0.194. The van der Waals surface area contributed by atoms with E-state index in [1.807, 2.05) is 0 Å². The van der Waals surface area contributed by atoms with E-state index in [0.717, 1.165) is 0 Å². The first-order valence-electron chi connectivity index (χ1n) is 7.71. The van der Waals surface area contributed by atoms with Crippen molar-refractivity contribution in [1.29, 1.82) is 0 Å². The lowest BCUT2D eigenvalue weighted by Crippen LogP contribution is -2.36. The minimum Gasteiger partial charge on any atom is -0.493 e. The predicted octanol–water partition coefficient (Wildman–Crippen LogP) is 3.07. The molecule has 0 fully saturated rings. The van der Waals surface area contributed by atoms with E-state index in [2.05, 4.69) is 5.32 Å². The molecule has 1 unspecified atom stereocenters. The van der Waals surface area contributed by atoms with Crippen LogP contribution in [0, 0.1) is 0 Å². The molecule has 0 saturated heterocycles. The van der Waals surface area contributed by atoms with Gasteiger partial charge in [0.25, 0.3) is 0 Å². The Hall–Kier alpha value is -3.02. The summed E-state index contributed by atoms with van der Waals surface area (Å²) in [5, 5.41) is 12.3. The molecular formula is C19H21NO5. The third-order valence-corrected chi connectivity index (χ3v) is 4.06. The molecule has 0 aliphatic carbocycles. The maximum atomic E-state index is 12.4. The van der Waals surface area contributed by atoms with E-state index in [-0.39, 0.29) is 6.42 Å². The van der Waals surface area contributed by atoms with Crippen LogP contribution in [-0.2, 0) is 15.0 Å². The Morgan fingerprint density at radius 1 is 1.04 bits per heavy atom. The number of hydrogen-bond donors (Lipinski definition) is 2. The molecule has 0 saturated carbocycles. The van der Waals surface area contributed by atoms with Crippen LogP contribution in [-0.4, -0.2) is 31.2 Å². The molecule has 0 heterocycles. The third-order valence-electron chi connectivity index (χ3n) is 4.06. The van der Waals surface area contributed by atoms with Gasteiger partial charge in [-0.2, -0.15) is 0 Å². The molecule has 0 aromatic heterocycles. The molecule has 25 heavy (non-hydrogen) atoms. The van der Waals surface area contributed by atoms with Crippen LogP contribution < -0.4 is 14.8 Å². The number of ether oxygens (including phenoxy) is 2. The van der Waals surface area contributed by atoms with Gasteiger partial charge in [-0.25, -0.2) is 0 Å². The van der Waals surface area contributed by atoms with E-state index in [4.69, 9.17) is 9.47 Å². The van der Waals surface area contributed by atoms with Crippen molar-refractivity contribution in [3.05, 3.63) is 54.1 Å². The molecule has 1 atom stereocenters. The number of hydrogen-bond acceptors (Lipinski definition) is 4. The average Bonchev–Trinajstić information content (AvgIpc) is 2.61. The van der Waals surface area contributed by atoms with E-state index < -0.39 is 17.3 Å². The van der Waals surface area contributed by atoms with Gasteiger partial charge in [-0.05, 0) is 24.6 Å². The van der Waals surface area contributed by atoms with Crippen molar-refractivity contribution < 1.29 is 24.2 Å². The number of methoxy groups -OCH3 is 2. The summed E-state index contributed by atoms with van der Waals surface area (Å²) in [6.45, 7) is 1.54. The molecule has 6 nitrogen and oxygen atoms in total. The van der Waals surface area contributed by atoms with Crippen molar-refractivity contribution in [1.82, 2.24) is 0 Å². The molecule has 0 spiro atoms. The molecule has 0 radical (unpaired) electrons. The van der Waals surface area contributed by atoms with Crippen LogP contribution in [0.5, 0.6) is 11.5 Å². The van der Waals surface area contributed by atoms with Crippen LogP contribution in [0.25, 0.3) is 0 Å². The van der Waals surface area contributed by atoms with E-state index in [0.29, 0.717) is 22.7 Å². The largest absolute Gasteiger partial charge is 0.493 e. The maximum absolute atomic E-state index is 12.4. The topological polar surface area (TPSA) is 84.9 Å². The summed E-state index contributed by atoms with van der Waals surface area (Å²) in [7, 11) is 3.02. The standard InChI is InChI=1S/C19H21NO5/c1-19(18(22)23,13-7-5-4-6-8-13)12-17(21)20-14-9-10-15(24-2)16(11-14)25-3/h4-11H,12H2,1-3H3,(H,20,21)(H,22,23). The second-order valence-electron chi connectivity index (χ2n) is 5.80. The normalized spacial score (nSPS) is 12.8. The van der Waals surface area contributed by atoms with Crippen LogP contribution in [0.3, 0.4) is 0 Å². The second-order valence-corrected chi connectivity index (χ2v) is 5.80. The quantitative estimate of drug-likeness (QED) is 0.807. The Kier molecular flexibility index (Phi) is 5.64. The molecule has 2 aromatic rings. The van der Waals surface area contributed by atoms with Gasteiger partial charge in [-0.15, -0.1) is 0 Å². The van der Waals surface area contributed by atoms with Gasteiger partial charge in [0, 0.05) is 18.2 Å². The minimum atomic E-state index is -1.32. The van der Waals surface area contributed by atoms with Crippen molar-refractivity contribution in [2.45, 2.75) is 18.8 Å². The third kappa shape index (κ3) is 4.09. The summed E-state index contributed by atoms with van der Waals surface area (Å²) in [5.74, 6) is -0.438. The molecule has 6 heteroatoms. The monoisotopic (exact) mass is 343 g/mol. The van der Waals surface area contributed by atoms with Crippen molar-refractivity contribution >= 4 is 17.6 Å². The molecule has 2 N–H and O–H groups in total. The van der Waals surface area contributed by atoms with Crippen molar-refractivity contribution in [3.8, 4) is 11.5 Å². The molecule has 0 aliphatic rings. The second kappa shape index (κ2) is 7.70. The molecule has 132 valence electrons. The molecule has 0 aliphatic heterocycles. The maximum Gasteiger partial charge on any atom is 0.314 e. The number of anilines is 1. The van der Waals surface area contributed by atoms with Gasteiger partial charge in [-0.3, -0.25) is 9.59 Å². The van der Waals surface area contributed by atoms with E-state index in [1.54, 1.807) is 55.5 Å². The van der Waals surface area contributed by atoms with Gasteiger partial charge in [0.15, 0.2) is 11.5 Å². The summed E-state index contributed by atoms with van der Waals surface area (Å²) < 4.78 is 10.3. The Balaban J connectivity index is 2.19. The van der Waals surface area contributed by atoms with E-state index in [9.17, 15) is 14.7 Å². The molecule has 2 rings (SSSR count). The van der Waals surface area contributed by atoms with Gasteiger partial charge in [0.05, 0.1) is 19.6 Å². The number of carboxylic acid groups (broad SMARTS) is 1. The van der Waals surface area contributed by atoms with E-state index >= 15 is 0 Å². The van der Waals surface area contributed by atoms with Gasteiger partial charge < -0.3 is 19.9 Å². The highest BCUT2D eigenvalue weighted by molar-refractivity contribution is 5.96. The van der Waals surface area contributed by atoms with Crippen molar-refractivity contribution in [2.75, 3.05) is 19.5 Å². The molecule has 0 bridgehead atoms. The summed E-state index contributed by atoms with van der Waals surface area (Å²) >= 11 is 0. The van der Waals surface area contributed by atoms with Crippen molar-refractivity contribution in [3.63, 3.8) is 0 Å². The predicted molar refractivity (Wildman–Crippen MR) is 94.2 cm³/mol. The Bertz CT molecular complexity index is 760. The lowest BCUT2D eigenvalue weighted by molar-refractivity contribution is -0.145. The Morgan fingerprint density at radius 3 is 2.24 bits per heavy atom. The molecular weight excluding hydrogens is 322 g/mol. The zero-order valence-electron chi connectivity index (χ0n) is 14.4. The number of nitrogens with one attached hydrogen (secondary N) is 1. The zero-order valence-corrected chi connectivity index (χ0v) is 14.4. The summed E-state index contributed by atoms with van der Waals surface area (Å²) in [6.07, 6.45) is -0.194. The van der Waals surface area contributed by atoms with Crippen LogP contribution in [0.2, 0.25) is 0 Å². The number of carbonyl (C=O) groups is 2. The van der Waals surface area contributed by atoms with Gasteiger partial charge in [-0.1, -0.05) is 30.3 Å². The fourth-order valence-corrected chi connectivity index (χ4v) is 2.55. The SMILES string of the molecule is COc1ccc(NC(=O)CC(C)(C(=O)O)c2ccccc2)cc1OC. The summed E-state index contributed by atoms with van der Waals surface area (Å²) in [5.41, 5.74) is -0.240. The Labute approximate surface area is 146 Å². The molecule has 2 aromatic carbocycles. The van der Waals surface area contributed by atoms with Crippen LogP contribution >= 0.6 is 0 Å². The highest BCUT2D eigenvalue weighted by atomic mass is 16.5. The fraction of sp³-hybridized carbons (Fsp3) is 0.263. The smallest absolute Gasteiger partial charge is 0.314 e. The number of amides is 1. The number of rotatable bonds is 7. The van der Waals surface area contributed by atoms with Crippen LogP contribution in [0.15, 0.2) is 48.5 Å².